The maximum atomic E-state index is 10.4. The number of rotatable bonds is 2. The molecule has 1 fully saturated rings. The summed E-state index contributed by atoms with van der Waals surface area (Å²) in [7, 11) is 0. The Balaban J connectivity index is 2.53. The molecule has 0 aromatic carbocycles. The first-order valence-electron chi connectivity index (χ1n) is 5.17. The van der Waals surface area contributed by atoms with Gasteiger partial charge in [-0.15, -0.1) is 0 Å². The Morgan fingerprint density at radius 3 is 2.73 bits per heavy atom. The highest BCUT2D eigenvalue weighted by Crippen LogP contribution is 2.17. The van der Waals surface area contributed by atoms with Crippen molar-refractivity contribution < 1.29 is 14.6 Å². The number of carbonyl (C=O) groups is 1. The van der Waals surface area contributed by atoms with Crippen LogP contribution in [0, 0.1) is 0 Å². The fourth-order valence-corrected chi connectivity index (χ4v) is 1.59. The predicted octanol–water partition coefficient (Wildman–Crippen LogP) is 1.13. The van der Waals surface area contributed by atoms with E-state index >= 15 is 0 Å². The monoisotopic (exact) mass is 213 g/mol. The summed E-state index contributed by atoms with van der Waals surface area (Å²) in [4.78, 5) is 12.7. The Bertz CT molecular complexity index is 255. The average Bonchev–Trinajstić information content (AvgIpc) is 2.14. The van der Waals surface area contributed by atoms with Crippen molar-refractivity contribution in [2.24, 2.45) is 0 Å². The average molecular weight is 213 g/mol. The molecule has 0 unspecified atom stereocenters. The predicted molar refractivity (Wildman–Crippen MR) is 57.8 cm³/mol. The van der Waals surface area contributed by atoms with E-state index in [0.29, 0.717) is 6.61 Å². The van der Waals surface area contributed by atoms with Crippen molar-refractivity contribution in [2.45, 2.75) is 32.4 Å². The highest BCUT2D eigenvalue weighted by Gasteiger charge is 2.27. The molecular formula is C11H19NO3. The summed E-state index contributed by atoms with van der Waals surface area (Å²) in [5.74, 6) is -0.925. The Morgan fingerprint density at radius 1 is 1.53 bits per heavy atom. The van der Waals surface area contributed by atoms with Crippen molar-refractivity contribution in [2.75, 3.05) is 19.7 Å². The lowest BCUT2D eigenvalue weighted by Gasteiger charge is -2.40. The first-order valence-corrected chi connectivity index (χ1v) is 5.17. The highest BCUT2D eigenvalue weighted by atomic mass is 16.5. The van der Waals surface area contributed by atoms with Gasteiger partial charge in [-0.05, 0) is 26.8 Å². The van der Waals surface area contributed by atoms with Crippen LogP contribution in [0.15, 0.2) is 12.2 Å². The van der Waals surface area contributed by atoms with Gasteiger partial charge in [-0.1, -0.05) is 0 Å². The van der Waals surface area contributed by atoms with E-state index in [0.717, 1.165) is 19.2 Å². The fraction of sp³-hybridized carbons (Fsp3) is 0.727. The number of carboxylic acid groups (broad SMARTS) is 1. The first kappa shape index (κ1) is 12.2. The number of carboxylic acids is 1. The van der Waals surface area contributed by atoms with Crippen LogP contribution in [0.25, 0.3) is 0 Å². The molecule has 1 N–H and O–H groups in total. The quantitative estimate of drug-likeness (QED) is 0.698. The van der Waals surface area contributed by atoms with Crippen LogP contribution in [-0.2, 0) is 9.53 Å². The number of ether oxygens (including phenoxy) is 1. The molecule has 0 aliphatic carbocycles. The largest absolute Gasteiger partial charge is 0.478 e. The third-order valence-corrected chi connectivity index (χ3v) is 2.50. The van der Waals surface area contributed by atoms with Crippen LogP contribution in [0.5, 0.6) is 0 Å². The van der Waals surface area contributed by atoms with Crippen LogP contribution in [0.2, 0.25) is 0 Å². The van der Waals surface area contributed by atoms with Gasteiger partial charge in [-0.2, -0.15) is 0 Å². The molecule has 1 atom stereocenters. The van der Waals surface area contributed by atoms with Crippen molar-refractivity contribution in [1.29, 1.82) is 0 Å². The number of nitrogens with zero attached hydrogens (tertiary/aromatic N) is 1. The summed E-state index contributed by atoms with van der Waals surface area (Å²) < 4.78 is 5.46. The zero-order valence-electron chi connectivity index (χ0n) is 9.56. The third kappa shape index (κ3) is 4.01. The maximum Gasteiger partial charge on any atom is 0.328 e. The van der Waals surface area contributed by atoms with Crippen molar-refractivity contribution in [3.8, 4) is 0 Å². The third-order valence-electron chi connectivity index (χ3n) is 2.50. The second-order valence-corrected chi connectivity index (χ2v) is 4.72. The van der Waals surface area contributed by atoms with Crippen LogP contribution in [0.1, 0.15) is 20.8 Å². The van der Waals surface area contributed by atoms with Gasteiger partial charge in [0.15, 0.2) is 0 Å². The lowest BCUT2D eigenvalue weighted by molar-refractivity contribution is -0.131. The lowest BCUT2D eigenvalue weighted by Crippen LogP contribution is -2.50. The van der Waals surface area contributed by atoms with E-state index < -0.39 is 5.97 Å². The Labute approximate surface area is 90.5 Å². The minimum absolute atomic E-state index is 0.103. The van der Waals surface area contributed by atoms with Gasteiger partial charge in [0.1, 0.15) is 0 Å². The molecule has 4 heteroatoms. The molecule has 1 rings (SSSR count). The second kappa shape index (κ2) is 4.77. The summed E-state index contributed by atoms with van der Waals surface area (Å²) in [6.45, 7) is 8.77. The van der Waals surface area contributed by atoms with Gasteiger partial charge in [-0.3, -0.25) is 4.90 Å². The molecular weight excluding hydrogens is 194 g/mol. The summed E-state index contributed by atoms with van der Waals surface area (Å²) in [5, 5.41) is 8.51. The minimum atomic E-state index is -0.925. The van der Waals surface area contributed by atoms with Crippen molar-refractivity contribution in [1.82, 2.24) is 4.90 Å². The van der Waals surface area contributed by atoms with E-state index in [1.54, 1.807) is 6.08 Å². The van der Waals surface area contributed by atoms with Gasteiger partial charge in [0.25, 0.3) is 0 Å². The molecule has 0 saturated carbocycles. The first-order chi connectivity index (χ1) is 6.89. The highest BCUT2D eigenvalue weighted by molar-refractivity contribution is 5.79. The number of morpholine rings is 1. The van der Waals surface area contributed by atoms with Crippen LogP contribution >= 0.6 is 0 Å². The molecule has 0 amide bonds. The van der Waals surface area contributed by atoms with Crippen molar-refractivity contribution in [3.63, 3.8) is 0 Å². The normalized spacial score (nSPS) is 24.6. The topological polar surface area (TPSA) is 49.8 Å². The molecule has 1 aliphatic rings. The molecule has 15 heavy (non-hydrogen) atoms. The molecule has 0 bridgehead atoms. The van der Waals surface area contributed by atoms with E-state index in [1.807, 2.05) is 0 Å². The van der Waals surface area contributed by atoms with E-state index in [2.05, 4.69) is 25.7 Å². The van der Waals surface area contributed by atoms with Gasteiger partial charge in [0, 0.05) is 24.7 Å². The van der Waals surface area contributed by atoms with Crippen molar-refractivity contribution >= 4 is 5.97 Å². The summed E-state index contributed by atoms with van der Waals surface area (Å²) in [5.41, 5.74) is 0.110. The SMILES string of the molecule is CC(C)(C)N1CCO[C@H](/C=C/C(=O)O)C1. The Morgan fingerprint density at radius 2 is 2.20 bits per heavy atom. The molecule has 86 valence electrons. The van der Waals surface area contributed by atoms with E-state index in [9.17, 15) is 4.79 Å². The number of hydrogen-bond acceptors (Lipinski definition) is 3. The molecule has 0 aromatic rings. The zero-order chi connectivity index (χ0) is 11.5. The molecule has 0 spiro atoms. The summed E-state index contributed by atoms with van der Waals surface area (Å²) >= 11 is 0. The standard InChI is InChI=1S/C11H19NO3/c1-11(2,3)12-6-7-15-9(8-12)4-5-10(13)14/h4-5,9H,6-8H2,1-3H3,(H,13,14)/b5-4+/t9-/m1/s1. The molecule has 1 saturated heterocycles. The Hall–Kier alpha value is -0.870. The van der Waals surface area contributed by atoms with Gasteiger partial charge < -0.3 is 9.84 Å². The molecule has 0 radical (unpaired) electrons. The maximum absolute atomic E-state index is 10.4. The van der Waals surface area contributed by atoms with Crippen LogP contribution < -0.4 is 0 Å². The fourth-order valence-electron chi connectivity index (χ4n) is 1.59. The van der Waals surface area contributed by atoms with Crippen LogP contribution in [0.3, 0.4) is 0 Å². The molecule has 1 heterocycles. The minimum Gasteiger partial charge on any atom is -0.478 e. The van der Waals surface area contributed by atoms with Gasteiger partial charge in [-0.25, -0.2) is 4.79 Å². The van der Waals surface area contributed by atoms with E-state index in [1.165, 1.54) is 0 Å². The van der Waals surface area contributed by atoms with Crippen LogP contribution in [0.4, 0.5) is 0 Å². The molecule has 1 aliphatic heterocycles. The van der Waals surface area contributed by atoms with Crippen molar-refractivity contribution in [3.05, 3.63) is 12.2 Å². The smallest absolute Gasteiger partial charge is 0.328 e. The summed E-state index contributed by atoms with van der Waals surface area (Å²) in [6.07, 6.45) is 2.66. The lowest BCUT2D eigenvalue weighted by atomic mass is 10.0. The Kier molecular flexibility index (Phi) is 3.88. The van der Waals surface area contributed by atoms with Crippen LogP contribution in [-0.4, -0.2) is 47.3 Å². The molecule has 0 aromatic heterocycles. The second-order valence-electron chi connectivity index (χ2n) is 4.72. The zero-order valence-corrected chi connectivity index (χ0v) is 9.56. The van der Waals surface area contributed by atoms with E-state index in [4.69, 9.17) is 9.84 Å². The number of aliphatic carboxylic acids is 1. The van der Waals surface area contributed by atoms with Gasteiger partial charge >= 0.3 is 5.97 Å². The van der Waals surface area contributed by atoms with Gasteiger partial charge in [0.05, 0.1) is 12.7 Å². The van der Waals surface area contributed by atoms with Gasteiger partial charge in [0.2, 0.25) is 0 Å². The number of hydrogen-bond donors (Lipinski definition) is 1. The van der Waals surface area contributed by atoms with E-state index in [-0.39, 0.29) is 11.6 Å². The summed E-state index contributed by atoms with van der Waals surface area (Å²) in [6, 6.07) is 0. The molecule has 4 nitrogen and oxygen atoms in total.